The molecular weight excluding hydrogens is 222 g/mol. The van der Waals surface area contributed by atoms with Gasteiger partial charge in [0.05, 0.1) is 0 Å². The largest absolute Gasteiger partial charge is 0.367 e. The van der Waals surface area contributed by atoms with Gasteiger partial charge < -0.3 is 10.6 Å². The Kier molecular flexibility index (Phi) is 2.54. The van der Waals surface area contributed by atoms with Gasteiger partial charge in [0.15, 0.2) is 0 Å². The molecule has 2 atom stereocenters. The first-order valence-electron chi connectivity index (χ1n) is 7.38. The van der Waals surface area contributed by atoms with Crippen LogP contribution in [0, 0.1) is 0 Å². The highest BCUT2D eigenvalue weighted by Gasteiger charge is 2.33. The highest BCUT2D eigenvalue weighted by atomic mass is 15.1. The summed E-state index contributed by atoms with van der Waals surface area (Å²) in [6, 6.07) is 6.56. The third kappa shape index (κ3) is 1.91. The van der Waals surface area contributed by atoms with E-state index in [1.54, 1.807) is 0 Å². The van der Waals surface area contributed by atoms with Gasteiger partial charge in [-0.1, -0.05) is 6.07 Å². The molecule has 96 valence electrons. The summed E-state index contributed by atoms with van der Waals surface area (Å²) in [5, 5.41) is 7.35. The molecule has 2 N–H and O–H groups in total. The van der Waals surface area contributed by atoms with Crippen molar-refractivity contribution in [1.82, 2.24) is 10.3 Å². The van der Waals surface area contributed by atoms with Crippen LogP contribution < -0.4 is 10.6 Å². The van der Waals surface area contributed by atoms with E-state index in [2.05, 4.69) is 22.8 Å². The zero-order valence-corrected chi connectivity index (χ0v) is 10.8. The predicted molar refractivity (Wildman–Crippen MR) is 72.9 cm³/mol. The molecule has 0 aromatic carbocycles. The molecule has 3 aliphatic rings. The standard InChI is InChI=1S/C15H21N3/c1-2-10-4-7-15(18-14(10)3-1)17-13-8-11-5-6-12(9-13)16-11/h4,7,11-13,16H,1-3,5-6,8-9H2,(H,17,18). The minimum atomic E-state index is 0.621. The monoisotopic (exact) mass is 243 g/mol. The Morgan fingerprint density at radius 3 is 2.78 bits per heavy atom. The van der Waals surface area contributed by atoms with Crippen molar-refractivity contribution in [2.45, 2.75) is 63.1 Å². The highest BCUT2D eigenvalue weighted by molar-refractivity contribution is 5.41. The number of pyridine rings is 1. The normalized spacial score (nSPS) is 33.4. The van der Waals surface area contributed by atoms with Gasteiger partial charge in [-0.3, -0.25) is 0 Å². The maximum absolute atomic E-state index is 4.79. The van der Waals surface area contributed by atoms with E-state index in [0.29, 0.717) is 6.04 Å². The fraction of sp³-hybridized carbons (Fsp3) is 0.667. The molecule has 3 nitrogen and oxygen atoms in total. The van der Waals surface area contributed by atoms with E-state index in [1.165, 1.54) is 56.2 Å². The number of hydrogen-bond acceptors (Lipinski definition) is 3. The Hall–Kier alpha value is -1.09. The predicted octanol–water partition coefficient (Wildman–Crippen LogP) is 2.27. The number of fused-ring (bicyclic) bond motifs is 3. The van der Waals surface area contributed by atoms with Crippen molar-refractivity contribution in [3.05, 3.63) is 23.4 Å². The van der Waals surface area contributed by atoms with Gasteiger partial charge in [-0.05, 0) is 56.6 Å². The molecule has 2 aliphatic heterocycles. The topological polar surface area (TPSA) is 37.0 Å². The van der Waals surface area contributed by atoms with E-state index in [1.807, 2.05) is 0 Å². The lowest BCUT2D eigenvalue weighted by molar-refractivity contribution is 0.377. The van der Waals surface area contributed by atoms with Crippen LogP contribution in [0.15, 0.2) is 12.1 Å². The molecule has 2 bridgehead atoms. The second kappa shape index (κ2) is 4.23. The van der Waals surface area contributed by atoms with Gasteiger partial charge in [-0.2, -0.15) is 0 Å². The van der Waals surface area contributed by atoms with Crippen LogP contribution in [0.5, 0.6) is 0 Å². The molecule has 1 aliphatic carbocycles. The Balaban J connectivity index is 1.48. The van der Waals surface area contributed by atoms with Crippen LogP contribution in [-0.4, -0.2) is 23.1 Å². The maximum atomic E-state index is 4.79. The van der Waals surface area contributed by atoms with Crippen molar-refractivity contribution in [3.8, 4) is 0 Å². The quantitative estimate of drug-likeness (QED) is 0.836. The molecule has 3 heteroatoms. The fourth-order valence-corrected chi connectivity index (χ4v) is 3.89. The lowest BCUT2D eigenvalue weighted by atomic mass is 10.00. The van der Waals surface area contributed by atoms with Crippen LogP contribution in [0.25, 0.3) is 0 Å². The molecule has 0 saturated carbocycles. The number of nitrogens with zero attached hydrogens (tertiary/aromatic N) is 1. The smallest absolute Gasteiger partial charge is 0.126 e. The molecule has 18 heavy (non-hydrogen) atoms. The van der Waals surface area contributed by atoms with Gasteiger partial charge in [0, 0.05) is 23.8 Å². The van der Waals surface area contributed by atoms with E-state index in [9.17, 15) is 0 Å². The van der Waals surface area contributed by atoms with Gasteiger partial charge in [-0.25, -0.2) is 4.98 Å². The number of aryl methyl sites for hydroxylation is 2. The van der Waals surface area contributed by atoms with Crippen LogP contribution in [0.4, 0.5) is 5.82 Å². The summed E-state index contributed by atoms with van der Waals surface area (Å²) in [4.78, 5) is 4.79. The SMILES string of the molecule is c1cc2c(nc1NC1CC3CCC(C1)N3)CCC2. The summed E-state index contributed by atoms with van der Waals surface area (Å²) in [5.41, 5.74) is 2.79. The average molecular weight is 243 g/mol. The molecular formula is C15H21N3. The Morgan fingerprint density at radius 2 is 1.94 bits per heavy atom. The van der Waals surface area contributed by atoms with E-state index in [-0.39, 0.29) is 0 Å². The number of aromatic nitrogens is 1. The van der Waals surface area contributed by atoms with E-state index < -0.39 is 0 Å². The van der Waals surface area contributed by atoms with Crippen LogP contribution >= 0.6 is 0 Å². The number of hydrogen-bond donors (Lipinski definition) is 2. The summed E-state index contributed by atoms with van der Waals surface area (Å²) >= 11 is 0. The second-order valence-corrected chi connectivity index (χ2v) is 6.11. The average Bonchev–Trinajstić information content (AvgIpc) is 2.95. The first-order valence-corrected chi connectivity index (χ1v) is 7.38. The van der Waals surface area contributed by atoms with Crippen molar-refractivity contribution in [2.24, 2.45) is 0 Å². The number of nitrogens with one attached hydrogen (secondary N) is 2. The molecule has 3 heterocycles. The van der Waals surface area contributed by atoms with Crippen molar-refractivity contribution >= 4 is 5.82 Å². The van der Waals surface area contributed by atoms with Crippen molar-refractivity contribution < 1.29 is 0 Å². The zero-order chi connectivity index (χ0) is 11.9. The van der Waals surface area contributed by atoms with E-state index in [4.69, 9.17) is 4.98 Å². The van der Waals surface area contributed by atoms with E-state index >= 15 is 0 Å². The molecule has 2 unspecified atom stereocenters. The Morgan fingerprint density at radius 1 is 1.11 bits per heavy atom. The molecule has 0 spiro atoms. The first-order chi connectivity index (χ1) is 8.87. The number of rotatable bonds is 2. The van der Waals surface area contributed by atoms with Crippen LogP contribution in [0.2, 0.25) is 0 Å². The summed E-state index contributed by atoms with van der Waals surface area (Å²) in [7, 11) is 0. The third-order valence-electron chi connectivity index (χ3n) is 4.75. The second-order valence-electron chi connectivity index (χ2n) is 6.11. The number of piperidine rings is 1. The minimum Gasteiger partial charge on any atom is -0.367 e. The van der Waals surface area contributed by atoms with Gasteiger partial charge in [0.1, 0.15) is 5.82 Å². The molecule has 0 radical (unpaired) electrons. The van der Waals surface area contributed by atoms with Crippen LogP contribution in [0.1, 0.15) is 43.4 Å². The summed E-state index contributed by atoms with van der Waals surface area (Å²) in [6.45, 7) is 0. The summed E-state index contributed by atoms with van der Waals surface area (Å²) < 4.78 is 0. The first kappa shape index (κ1) is 10.8. The Bertz CT molecular complexity index is 445. The van der Waals surface area contributed by atoms with E-state index in [0.717, 1.165) is 17.9 Å². The molecule has 1 aromatic heterocycles. The third-order valence-corrected chi connectivity index (χ3v) is 4.75. The van der Waals surface area contributed by atoms with Crippen molar-refractivity contribution in [1.29, 1.82) is 0 Å². The zero-order valence-electron chi connectivity index (χ0n) is 10.8. The van der Waals surface area contributed by atoms with Crippen molar-refractivity contribution in [3.63, 3.8) is 0 Å². The lowest BCUT2D eigenvalue weighted by Gasteiger charge is -2.30. The molecule has 4 rings (SSSR count). The maximum Gasteiger partial charge on any atom is 0.126 e. The summed E-state index contributed by atoms with van der Waals surface area (Å²) in [6.07, 6.45) is 8.91. The molecule has 2 saturated heterocycles. The van der Waals surface area contributed by atoms with Gasteiger partial charge >= 0.3 is 0 Å². The molecule has 2 fully saturated rings. The minimum absolute atomic E-state index is 0.621. The molecule has 1 aromatic rings. The highest BCUT2D eigenvalue weighted by Crippen LogP contribution is 2.29. The van der Waals surface area contributed by atoms with Gasteiger partial charge in [0.25, 0.3) is 0 Å². The van der Waals surface area contributed by atoms with Gasteiger partial charge in [0.2, 0.25) is 0 Å². The lowest BCUT2D eigenvalue weighted by Crippen LogP contribution is -2.43. The summed E-state index contributed by atoms with van der Waals surface area (Å²) in [5.74, 6) is 1.10. The number of anilines is 1. The fourth-order valence-electron chi connectivity index (χ4n) is 3.89. The molecule has 0 amide bonds. The van der Waals surface area contributed by atoms with Gasteiger partial charge in [-0.15, -0.1) is 0 Å². The Labute approximate surface area is 108 Å². The van der Waals surface area contributed by atoms with Crippen LogP contribution in [0.3, 0.4) is 0 Å². The van der Waals surface area contributed by atoms with Crippen LogP contribution in [-0.2, 0) is 12.8 Å². The van der Waals surface area contributed by atoms with Crippen molar-refractivity contribution in [2.75, 3.05) is 5.32 Å².